The van der Waals surface area contributed by atoms with E-state index in [1.54, 1.807) is 48.5 Å². The van der Waals surface area contributed by atoms with E-state index in [0.717, 1.165) is 5.69 Å². The van der Waals surface area contributed by atoms with E-state index < -0.39 is 0 Å². The average Bonchev–Trinajstić information content (AvgIpc) is 2.70. The summed E-state index contributed by atoms with van der Waals surface area (Å²) in [7, 11) is 0. The van der Waals surface area contributed by atoms with Crippen molar-refractivity contribution in [3.05, 3.63) is 83.9 Å². The molecule has 0 unspecified atom stereocenters. The maximum Gasteiger partial charge on any atom is 0.257 e. The minimum Gasteiger partial charge on any atom is -0.457 e. The summed E-state index contributed by atoms with van der Waals surface area (Å²) in [6, 6.07) is 16.1. The number of carbonyl (C=O) groups is 1. The van der Waals surface area contributed by atoms with E-state index in [0.29, 0.717) is 36.0 Å². The van der Waals surface area contributed by atoms with Crippen LogP contribution in [0.1, 0.15) is 23.0 Å². The molecule has 1 amide bonds. The zero-order valence-electron chi connectivity index (χ0n) is 14.8. The molecule has 27 heavy (non-hydrogen) atoms. The highest BCUT2D eigenvalue weighted by molar-refractivity contribution is 6.04. The molecule has 0 fully saturated rings. The Kier molecular flexibility index (Phi) is 6.12. The zero-order chi connectivity index (χ0) is 19.1. The molecule has 2 aromatic carbocycles. The molecule has 0 bridgehead atoms. The summed E-state index contributed by atoms with van der Waals surface area (Å²) >= 11 is 0. The fourth-order valence-electron chi connectivity index (χ4n) is 2.30. The first-order valence-corrected chi connectivity index (χ1v) is 8.51. The average molecular weight is 366 g/mol. The second kappa shape index (κ2) is 8.91. The van der Waals surface area contributed by atoms with Crippen LogP contribution in [0.2, 0.25) is 0 Å². The van der Waals surface area contributed by atoms with E-state index in [2.05, 4.69) is 10.3 Å². The van der Waals surface area contributed by atoms with E-state index in [1.165, 1.54) is 18.3 Å². The normalized spacial score (nSPS) is 10.4. The summed E-state index contributed by atoms with van der Waals surface area (Å²) in [5, 5.41) is 2.80. The molecule has 5 nitrogen and oxygen atoms in total. The summed E-state index contributed by atoms with van der Waals surface area (Å²) < 4.78 is 23.8. The maximum atomic E-state index is 12.9. The summed E-state index contributed by atoms with van der Waals surface area (Å²) in [4.78, 5) is 16.5. The predicted octanol–water partition coefficient (Wildman–Crippen LogP) is 4.80. The predicted molar refractivity (Wildman–Crippen MR) is 100 cm³/mol. The molecule has 0 aliphatic heterocycles. The number of amides is 1. The van der Waals surface area contributed by atoms with Gasteiger partial charge in [0.1, 0.15) is 17.3 Å². The van der Waals surface area contributed by atoms with Gasteiger partial charge in [0.15, 0.2) is 0 Å². The lowest BCUT2D eigenvalue weighted by molar-refractivity contribution is 0.102. The number of rotatable bonds is 7. The zero-order valence-corrected chi connectivity index (χ0v) is 14.8. The molecular weight excluding hydrogens is 347 g/mol. The fourth-order valence-corrected chi connectivity index (χ4v) is 2.30. The van der Waals surface area contributed by atoms with Crippen LogP contribution in [-0.2, 0) is 11.3 Å². The smallest absolute Gasteiger partial charge is 0.257 e. The number of nitrogens with one attached hydrogen (secondary N) is 1. The Morgan fingerprint density at radius 3 is 2.26 bits per heavy atom. The third kappa shape index (κ3) is 5.36. The van der Waals surface area contributed by atoms with Crippen LogP contribution >= 0.6 is 0 Å². The number of aromatic nitrogens is 1. The number of ether oxygens (including phenoxy) is 2. The molecule has 0 aliphatic carbocycles. The lowest BCUT2D eigenvalue weighted by Gasteiger charge is -2.08. The number of nitrogens with zero attached hydrogens (tertiary/aromatic N) is 1. The highest BCUT2D eigenvalue weighted by atomic mass is 19.1. The molecule has 3 rings (SSSR count). The maximum absolute atomic E-state index is 12.9. The van der Waals surface area contributed by atoms with Crippen molar-refractivity contribution in [2.45, 2.75) is 13.5 Å². The molecule has 1 aromatic heterocycles. The first kappa shape index (κ1) is 18.5. The number of hydrogen-bond donors (Lipinski definition) is 1. The third-order valence-electron chi connectivity index (χ3n) is 3.70. The molecule has 0 spiro atoms. The van der Waals surface area contributed by atoms with Crippen LogP contribution in [0.15, 0.2) is 66.9 Å². The van der Waals surface area contributed by atoms with Gasteiger partial charge in [0.05, 0.1) is 17.9 Å². The fraction of sp³-hybridized carbons (Fsp3) is 0.143. The van der Waals surface area contributed by atoms with Crippen LogP contribution in [0.3, 0.4) is 0 Å². The Labute approximate surface area is 156 Å². The highest BCUT2D eigenvalue weighted by Crippen LogP contribution is 2.23. The van der Waals surface area contributed by atoms with Gasteiger partial charge in [0.25, 0.3) is 5.91 Å². The van der Waals surface area contributed by atoms with Crippen LogP contribution in [0, 0.1) is 5.82 Å². The Morgan fingerprint density at radius 2 is 1.67 bits per heavy atom. The van der Waals surface area contributed by atoms with Crippen LogP contribution < -0.4 is 10.1 Å². The first-order chi connectivity index (χ1) is 13.1. The Morgan fingerprint density at radius 1 is 1.00 bits per heavy atom. The van der Waals surface area contributed by atoms with E-state index in [4.69, 9.17) is 9.47 Å². The van der Waals surface area contributed by atoms with Gasteiger partial charge < -0.3 is 14.8 Å². The van der Waals surface area contributed by atoms with Crippen molar-refractivity contribution >= 4 is 11.6 Å². The van der Waals surface area contributed by atoms with Crippen molar-refractivity contribution in [3.8, 4) is 11.5 Å². The van der Waals surface area contributed by atoms with Gasteiger partial charge in [-0.1, -0.05) is 0 Å². The molecule has 3 aromatic rings. The lowest BCUT2D eigenvalue weighted by atomic mass is 10.2. The van der Waals surface area contributed by atoms with E-state index in [1.807, 2.05) is 6.92 Å². The minimum atomic E-state index is -0.319. The molecule has 0 atom stereocenters. The molecule has 0 radical (unpaired) electrons. The summed E-state index contributed by atoms with van der Waals surface area (Å²) in [6.45, 7) is 2.95. The second-order valence-corrected chi connectivity index (χ2v) is 5.71. The molecule has 1 N–H and O–H groups in total. The molecule has 0 saturated heterocycles. The van der Waals surface area contributed by atoms with Crippen LogP contribution in [0.25, 0.3) is 0 Å². The number of benzene rings is 2. The van der Waals surface area contributed by atoms with Gasteiger partial charge in [-0.25, -0.2) is 4.39 Å². The van der Waals surface area contributed by atoms with Crippen LogP contribution in [0.4, 0.5) is 10.1 Å². The van der Waals surface area contributed by atoms with Crippen molar-refractivity contribution in [1.29, 1.82) is 0 Å². The van der Waals surface area contributed by atoms with Crippen molar-refractivity contribution in [2.24, 2.45) is 0 Å². The quantitative estimate of drug-likeness (QED) is 0.652. The minimum absolute atomic E-state index is 0.252. The molecule has 0 aliphatic rings. The number of hydrogen-bond acceptors (Lipinski definition) is 4. The van der Waals surface area contributed by atoms with E-state index >= 15 is 0 Å². The Bertz CT molecular complexity index is 879. The summed E-state index contributed by atoms with van der Waals surface area (Å²) in [5.41, 5.74) is 1.86. The van der Waals surface area contributed by atoms with Crippen LogP contribution in [0.5, 0.6) is 11.5 Å². The largest absolute Gasteiger partial charge is 0.457 e. The lowest BCUT2D eigenvalue weighted by Crippen LogP contribution is -2.12. The first-order valence-electron chi connectivity index (χ1n) is 8.51. The van der Waals surface area contributed by atoms with Crippen molar-refractivity contribution in [2.75, 3.05) is 11.9 Å². The number of anilines is 1. The van der Waals surface area contributed by atoms with Gasteiger partial charge in [0, 0.05) is 18.5 Å². The van der Waals surface area contributed by atoms with Gasteiger partial charge in [-0.2, -0.15) is 0 Å². The van der Waals surface area contributed by atoms with Gasteiger partial charge in [0.2, 0.25) is 0 Å². The van der Waals surface area contributed by atoms with Gasteiger partial charge in [-0.15, -0.1) is 0 Å². The Balaban J connectivity index is 1.58. The second-order valence-electron chi connectivity index (χ2n) is 5.71. The summed E-state index contributed by atoms with van der Waals surface area (Å²) in [5.74, 6) is 0.548. The molecule has 6 heteroatoms. The third-order valence-corrected chi connectivity index (χ3v) is 3.70. The van der Waals surface area contributed by atoms with Gasteiger partial charge in [-0.3, -0.25) is 9.78 Å². The van der Waals surface area contributed by atoms with E-state index in [-0.39, 0.29) is 11.7 Å². The SMILES string of the molecule is CCOCc1ccc(C(=O)Nc2ccc(Oc3ccc(F)cc3)cc2)cn1. The molecule has 138 valence electrons. The van der Waals surface area contributed by atoms with Crippen molar-refractivity contribution in [3.63, 3.8) is 0 Å². The van der Waals surface area contributed by atoms with Crippen LogP contribution in [-0.4, -0.2) is 17.5 Å². The van der Waals surface area contributed by atoms with Gasteiger partial charge >= 0.3 is 0 Å². The Hall–Kier alpha value is -3.25. The molecule has 1 heterocycles. The number of pyridine rings is 1. The topological polar surface area (TPSA) is 60.5 Å². The molecule has 0 saturated carbocycles. The van der Waals surface area contributed by atoms with E-state index in [9.17, 15) is 9.18 Å². The van der Waals surface area contributed by atoms with Crippen molar-refractivity contribution in [1.82, 2.24) is 4.98 Å². The highest BCUT2D eigenvalue weighted by Gasteiger charge is 2.07. The number of halogens is 1. The summed E-state index contributed by atoms with van der Waals surface area (Å²) in [6.07, 6.45) is 1.52. The van der Waals surface area contributed by atoms with Crippen molar-refractivity contribution < 1.29 is 18.7 Å². The molecular formula is C21H19FN2O3. The monoisotopic (exact) mass is 366 g/mol. The number of carbonyl (C=O) groups excluding carboxylic acids is 1. The van der Waals surface area contributed by atoms with Gasteiger partial charge in [-0.05, 0) is 67.6 Å². The standard InChI is InChI=1S/C21H19FN2O3/c1-2-26-14-18-6-3-15(13-23-18)21(25)24-17-7-11-20(12-8-17)27-19-9-4-16(22)5-10-19/h3-13H,2,14H2,1H3,(H,24,25).